The molecule has 1 heterocycles. The Hall–Kier alpha value is -8.72. The molecule has 338 valence electrons. The van der Waals surface area contributed by atoms with Gasteiger partial charge < -0.3 is 0 Å². The van der Waals surface area contributed by atoms with Crippen LogP contribution in [0.3, 0.4) is 0 Å². The van der Waals surface area contributed by atoms with Gasteiger partial charge in [-0.2, -0.15) is 0 Å². The number of aromatic nitrogens is 2. The monoisotopic (exact) mass is 916 g/mol. The van der Waals surface area contributed by atoms with Crippen LogP contribution in [0.2, 0.25) is 0 Å². The Morgan fingerprint density at radius 3 is 1.36 bits per heavy atom. The highest BCUT2D eigenvalue weighted by Crippen LogP contribution is 2.66. The van der Waals surface area contributed by atoms with E-state index >= 15 is 0 Å². The number of hydrogen-bond acceptors (Lipinski definition) is 2. The Balaban J connectivity index is 0.928. The van der Waals surface area contributed by atoms with Crippen molar-refractivity contribution in [1.82, 2.24) is 9.97 Å². The fourth-order valence-electron chi connectivity index (χ4n) is 13.9. The predicted molar refractivity (Wildman–Crippen MR) is 293 cm³/mol. The largest absolute Gasteiger partial charge is 0.228 e. The zero-order valence-electron chi connectivity index (χ0n) is 40.2. The van der Waals surface area contributed by atoms with Gasteiger partial charge in [0.1, 0.15) is 0 Å². The summed E-state index contributed by atoms with van der Waals surface area (Å²) in [4.78, 5) is 10.7. The Labute approximate surface area is 421 Å². The molecule has 10 aromatic carbocycles. The minimum absolute atomic E-state index is 0.126. The third-order valence-corrected chi connectivity index (χ3v) is 16.9. The fraction of sp³-hybridized carbons (Fsp3) is 0.0857. The summed E-state index contributed by atoms with van der Waals surface area (Å²) in [5.41, 5.74) is 27.6. The molecule has 0 amide bonds. The summed E-state index contributed by atoms with van der Waals surface area (Å²) in [7, 11) is 0. The van der Waals surface area contributed by atoms with Gasteiger partial charge >= 0.3 is 0 Å². The summed E-state index contributed by atoms with van der Waals surface area (Å²) in [5.74, 6) is 0.715. The molecule has 2 nitrogen and oxygen atoms in total. The molecule has 0 aliphatic heterocycles. The average Bonchev–Trinajstić information content (AvgIpc) is 3.88. The summed E-state index contributed by atoms with van der Waals surface area (Å²) >= 11 is 0. The van der Waals surface area contributed by atoms with Crippen molar-refractivity contribution >= 4 is 0 Å². The molecule has 1 aromatic heterocycles. The molecule has 4 aliphatic carbocycles. The van der Waals surface area contributed by atoms with E-state index in [0.29, 0.717) is 5.82 Å². The standard InChI is InChI=1S/C70H48N2/c1-68(2)56-30-11-7-25-50(56)53-39-38-48(42-64(53)68)66-43-65(71-67(72-66)44-20-4-3-5-21-44)47-24-18-23-45(40-47)49-28-19-37-59-54(49)41-46-22-6-10-29-55(46)69(59)60-33-14-16-35-62(60)70(63-36-17-15-34-61(63)69)57-31-12-8-26-51(57)52-27-9-13-32-58(52)70/h3-40,42-43H,41H2,1-2H3. The molecular weight excluding hydrogens is 869 g/mol. The number of fused-ring (bicyclic) bond motifs is 18. The quantitative estimate of drug-likeness (QED) is 0.176. The normalized spacial score (nSPS) is 15.1. The van der Waals surface area contributed by atoms with E-state index in [-0.39, 0.29) is 5.41 Å². The van der Waals surface area contributed by atoms with Gasteiger partial charge in [-0.15, -0.1) is 0 Å². The van der Waals surface area contributed by atoms with E-state index < -0.39 is 10.8 Å². The molecule has 0 bridgehead atoms. The number of benzene rings is 10. The van der Waals surface area contributed by atoms with Crippen LogP contribution in [0, 0.1) is 0 Å². The van der Waals surface area contributed by atoms with E-state index in [2.05, 4.69) is 257 Å². The SMILES string of the molecule is CC1(C)c2ccccc2-c2ccc(-c3cc(-c4cccc(-c5cccc6c5Cc5ccccc5C65c6ccccc6C6(c7ccccc7-c7ccccc76)c6ccccc65)c4)nc(-c4ccccc4)n3)cc21. The first kappa shape index (κ1) is 41.1. The van der Waals surface area contributed by atoms with Gasteiger partial charge in [0.25, 0.3) is 0 Å². The second kappa shape index (κ2) is 15.1. The molecule has 0 fully saturated rings. The Morgan fingerprint density at radius 1 is 0.292 bits per heavy atom. The first-order valence-electron chi connectivity index (χ1n) is 25.4. The first-order valence-corrected chi connectivity index (χ1v) is 25.4. The molecule has 0 atom stereocenters. The lowest BCUT2D eigenvalue weighted by molar-refractivity contribution is 0.608. The maximum atomic E-state index is 5.36. The third-order valence-electron chi connectivity index (χ3n) is 16.9. The average molecular weight is 917 g/mol. The molecule has 72 heavy (non-hydrogen) atoms. The number of rotatable bonds is 4. The molecule has 15 rings (SSSR count). The van der Waals surface area contributed by atoms with Crippen LogP contribution in [-0.4, -0.2) is 9.97 Å². The lowest BCUT2D eigenvalue weighted by Crippen LogP contribution is -2.46. The van der Waals surface area contributed by atoms with Crippen molar-refractivity contribution in [3.05, 3.63) is 309 Å². The molecule has 4 aliphatic rings. The lowest BCUT2D eigenvalue weighted by atomic mass is 9.49. The van der Waals surface area contributed by atoms with E-state index in [1.54, 1.807) is 0 Å². The van der Waals surface area contributed by atoms with Crippen LogP contribution >= 0.6 is 0 Å². The van der Waals surface area contributed by atoms with E-state index in [4.69, 9.17) is 9.97 Å². The van der Waals surface area contributed by atoms with Gasteiger partial charge in [-0.3, -0.25) is 0 Å². The predicted octanol–water partition coefficient (Wildman–Crippen LogP) is 16.4. The summed E-state index contributed by atoms with van der Waals surface area (Å²) in [5, 5.41) is 0. The molecule has 11 aromatic rings. The first-order chi connectivity index (χ1) is 35.5. The topological polar surface area (TPSA) is 25.8 Å². The second-order valence-corrected chi connectivity index (χ2v) is 20.7. The van der Waals surface area contributed by atoms with Gasteiger partial charge in [-0.25, -0.2) is 9.97 Å². The minimum atomic E-state index is -0.583. The van der Waals surface area contributed by atoms with Crippen LogP contribution in [0.4, 0.5) is 0 Å². The van der Waals surface area contributed by atoms with Crippen molar-refractivity contribution in [2.75, 3.05) is 0 Å². The van der Waals surface area contributed by atoms with Crippen LogP contribution < -0.4 is 0 Å². The van der Waals surface area contributed by atoms with Gasteiger partial charge in [0, 0.05) is 22.1 Å². The van der Waals surface area contributed by atoms with Gasteiger partial charge in [0.2, 0.25) is 0 Å². The van der Waals surface area contributed by atoms with E-state index in [1.165, 1.54) is 100 Å². The van der Waals surface area contributed by atoms with Crippen LogP contribution in [0.5, 0.6) is 0 Å². The van der Waals surface area contributed by atoms with Crippen molar-refractivity contribution in [2.24, 2.45) is 0 Å². The molecule has 2 heteroatoms. The highest BCUT2D eigenvalue weighted by atomic mass is 14.9. The molecule has 0 unspecified atom stereocenters. The zero-order chi connectivity index (χ0) is 47.8. The highest BCUT2D eigenvalue weighted by molar-refractivity contribution is 5.91. The summed E-state index contributed by atoms with van der Waals surface area (Å²) in [6.45, 7) is 4.68. The maximum absolute atomic E-state index is 5.36. The Bertz CT molecular complexity index is 3970. The van der Waals surface area contributed by atoms with Crippen LogP contribution in [0.25, 0.3) is 67.3 Å². The zero-order valence-corrected chi connectivity index (χ0v) is 40.2. The third kappa shape index (κ3) is 5.44. The van der Waals surface area contributed by atoms with Gasteiger partial charge in [0.15, 0.2) is 5.82 Å². The van der Waals surface area contributed by atoms with Crippen molar-refractivity contribution < 1.29 is 0 Å². The summed E-state index contributed by atoms with van der Waals surface area (Å²) in [6.07, 6.45) is 0.823. The molecule has 0 saturated heterocycles. The number of nitrogens with zero attached hydrogens (tertiary/aromatic N) is 2. The van der Waals surface area contributed by atoms with Crippen LogP contribution in [0.15, 0.2) is 243 Å². The van der Waals surface area contributed by atoms with E-state index in [9.17, 15) is 0 Å². The fourth-order valence-corrected chi connectivity index (χ4v) is 13.9. The van der Waals surface area contributed by atoms with Gasteiger partial charge in [0.05, 0.1) is 22.2 Å². The van der Waals surface area contributed by atoms with Crippen LogP contribution in [-0.2, 0) is 22.7 Å². The Morgan fingerprint density at radius 2 is 0.722 bits per heavy atom. The van der Waals surface area contributed by atoms with E-state index in [0.717, 1.165) is 34.5 Å². The number of hydrogen-bond donors (Lipinski definition) is 0. The highest BCUT2D eigenvalue weighted by Gasteiger charge is 2.58. The van der Waals surface area contributed by atoms with Gasteiger partial charge in [-0.05, 0) is 125 Å². The smallest absolute Gasteiger partial charge is 0.160 e. The van der Waals surface area contributed by atoms with Crippen molar-refractivity contribution in [2.45, 2.75) is 36.5 Å². The van der Waals surface area contributed by atoms with Crippen molar-refractivity contribution in [3.63, 3.8) is 0 Å². The van der Waals surface area contributed by atoms with Crippen LogP contribution in [0.1, 0.15) is 80.6 Å². The molecule has 0 radical (unpaired) electrons. The van der Waals surface area contributed by atoms with Crippen molar-refractivity contribution in [1.29, 1.82) is 0 Å². The molecule has 0 saturated carbocycles. The Kier molecular flexibility index (Phi) is 8.64. The lowest BCUT2D eigenvalue weighted by Gasteiger charge is -2.52. The minimum Gasteiger partial charge on any atom is -0.228 e. The molecular formula is C70H48N2. The van der Waals surface area contributed by atoms with E-state index in [1.807, 2.05) is 0 Å². The maximum Gasteiger partial charge on any atom is 0.160 e. The molecule has 0 N–H and O–H groups in total. The second-order valence-electron chi connectivity index (χ2n) is 20.7. The van der Waals surface area contributed by atoms with Crippen molar-refractivity contribution in [3.8, 4) is 67.3 Å². The molecule has 2 spiro atoms. The summed E-state index contributed by atoms with van der Waals surface area (Å²) < 4.78 is 0. The summed E-state index contributed by atoms with van der Waals surface area (Å²) in [6, 6.07) is 90.8. The van der Waals surface area contributed by atoms with Gasteiger partial charge in [-0.1, -0.05) is 238 Å².